The van der Waals surface area contributed by atoms with E-state index in [1.807, 2.05) is 78.2 Å². The SMILES string of the molecule is Cc1ccc(C(=O)c2cc3ccncc3n2Cc2cccc(C=CCOC(C)(C)C(=O)O)c2)cc1. The maximum absolute atomic E-state index is 13.4. The number of aryl methyl sites for hydroxylation is 1. The van der Waals surface area contributed by atoms with Gasteiger partial charge in [-0.1, -0.05) is 60.2 Å². The molecule has 0 aliphatic carbocycles. The molecule has 0 atom stereocenters. The molecule has 4 rings (SSSR count). The minimum Gasteiger partial charge on any atom is -0.479 e. The van der Waals surface area contributed by atoms with Gasteiger partial charge in [0.25, 0.3) is 0 Å². The smallest absolute Gasteiger partial charge is 0.335 e. The number of aromatic nitrogens is 2. The molecule has 1 N–H and O–H groups in total. The first-order valence-electron chi connectivity index (χ1n) is 11.4. The van der Waals surface area contributed by atoms with Crippen molar-refractivity contribution in [3.05, 3.63) is 107 Å². The fraction of sp³-hybridized carbons (Fsp3) is 0.207. The molecule has 35 heavy (non-hydrogen) atoms. The number of hydrogen-bond acceptors (Lipinski definition) is 4. The summed E-state index contributed by atoms with van der Waals surface area (Å²) in [6, 6.07) is 19.4. The van der Waals surface area contributed by atoms with Crippen molar-refractivity contribution in [3.63, 3.8) is 0 Å². The Bertz CT molecular complexity index is 1400. The van der Waals surface area contributed by atoms with Gasteiger partial charge in [-0.2, -0.15) is 0 Å². The van der Waals surface area contributed by atoms with Crippen molar-refractivity contribution in [2.45, 2.75) is 32.9 Å². The van der Waals surface area contributed by atoms with Gasteiger partial charge >= 0.3 is 5.97 Å². The third kappa shape index (κ3) is 5.55. The molecule has 2 aromatic carbocycles. The largest absolute Gasteiger partial charge is 0.479 e. The van der Waals surface area contributed by atoms with Crippen molar-refractivity contribution in [2.24, 2.45) is 0 Å². The minimum atomic E-state index is -1.24. The number of hydrogen-bond donors (Lipinski definition) is 1. The molecule has 4 aromatic rings. The number of carboxylic acid groups (broad SMARTS) is 1. The molecule has 0 unspecified atom stereocenters. The summed E-state index contributed by atoms with van der Waals surface area (Å²) in [4.78, 5) is 28.8. The van der Waals surface area contributed by atoms with E-state index in [-0.39, 0.29) is 12.4 Å². The number of ether oxygens (including phenoxy) is 1. The molecule has 0 spiro atoms. The van der Waals surface area contributed by atoms with E-state index in [2.05, 4.69) is 4.98 Å². The number of rotatable bonds is 9. The average Bonchev–Trinajstić information content (AvgIpc) is 3.20. The lowest BCUT2D eigenvalue weighted by atomic mass is 10.1. The van der Waals surface area contributed by atoms with Crippen LogP contribution in [-0.4, -0.2) is 38.6 Å². The van der Waals surface area contributed by atoms with E-state index in [0.29, 0.717) is 17.8 Å². The highest BCUT2D eigenvalue weighted by Gasteiger charge is 2.27. The predicted molar refractivity (Wildman–Crippen MR) is 137 cm³/mol. The molecule has 0 radical (unpaired) electrons. The van der Waals surface area contributed by atoms with E-state index in [0.717, 1.165) is 27.6 Å². The van der Waals surface area contributed by atoms with Gasteiger partial charge in [-0.25, -0.2) is 4.79 Å². The fourth-order valence-corrected chi connectivity index (χ4v) is 3.79. The summed E-state index contributed by atoms with van der Waals surface area (Å²) in [5.41, 5.74) is 4.01. The topological polar surface area (TPSA) is 81.4 Å². The van der Waals surface area contributed by atoms with Crippen LogP contribution in [0.15, 0.2) is 79.1 Å². The summed E-state index contributed by atoms with van der Waals surface area (Å²) >= 11 is 0. The Morgan fingerprint density at radius 2 is 1.86 bits per heavy atom. The Morgan fingerprint density at radius 1 is 1.09 bits per heavy atom. The Morgan fingerprint density at radius 3 is 2.60 bits per heavy atom. The first-order chi connectivity index (χ1) is 16.7. The molecule has 0 aliphatic rings. The van der Waals surface area contributed by atoms with Gasteiger partial charge < -0.3 is 14.4 Å². The van der Waals surface area contributed by atoms with Gasteiger partial charge in [0.05, 0.1) is 24.0 Å². The molecule has 6 heteroatoms. The second-order valence-electron chi connectivity index (χ2n) is 9.02. The first-order valence-corrected chi connectivity index (χ1v) is 11.4. The van der Waals surface area contributed by atoms with E-state index in [1.165, 1.54) is 13.8 Å². The number of carbonyl (C=O) groups excluding carboxylic acids is 1. The Hall–Kier alpha value is -4.03. The summed E-state index contributed by atoms with van der Waals surface area (Å²) in [7, 11) is 0. The second-order valence-corrected chi connectivity index (χ2v) is 9.02. The lowest BCUT2D eigenvalue weighted by Crippen LogP contribution is -2.34. The lowest BCUT2D eigenvalue weighted by molar-refractivity contribution is -0.159. The van der Waals surface area contributed by atoms with Gasteiger partial charge in [0.1, 0.15) is 0 Å². The summed E-state index contributed by atoms with van der Waals surface area (Å²) in [5, 5.41) is 10.1. The van der Waals surface area contributed by atoms with Gasteiger partial charge in [0.15, 0.2) is 5.60 Å². The van der Waals surface area contributed by atoms with Crippen molar-refractivity contribution in [3.8, 4) is 0 Å². The average molecular weight is 469 g/mol. The van der Waals surface area contributed by atoms with E-state index >= 15 is 0 Å². The molecule has 0 saturated heterocycles. The monoisotopic (exact) mass is 468 g/mol. The molecule has 0 aliphatic heterocycles. The zero-order valence-electron chi connectivity index (χ0n) is 20.1. The number of benzene rings is 2. The summed E-state index contributed by atoms with van der Waals surface area (Å²) < 4.78 is 7.44. The second kappa shape index (κ2) is 10.1. The molecule has 0 fully saturated rings. The molecule has 0 saturated carbocycles. The van der Waals surface area contributed by atoms with Crippen molar-refractivity contribution >= 4 is 28.7 Å². The van der Waals surface area contributed by atoms with Crippen LogP contribution < -0.4 is 0 Å². The molecular formula is C29H28N2O4. The summed E-state index contributed by atoms with van der Waals surface area (Å²) in [6.45, 7) is 5.74. The fourth-order valence-electron chi connectivity index (χ4n) is 3.79. The van der Waals surface area contributed by atoms with E-state index in [1.54, 1.807) is 18.5 Å². The zero-order chi connectivity index (χ0) is 25.0. The van der Waals surface area contributed by atoms with Crippen LogP contribution in [0.4, 0.5) is 0 Å². The third-order valence-electron chi connectivity index (χ3n) is 5.91. The van der Waals surface area contributed by atoms with Crippen LogP contribution in [-0.2, 0) is 16.1 Å². The quantitative estimate of drug-likeness (QED) is 0.327. The normalized spacial score (nSPS) is 11.9. The Kier molecular flexibility index (Phi) is 6.94. The van der Waals surface area contributed by atoms with Crippen LogP contribution in [0, 0.1) is 6.92 Å². The summed E-state index contributed by atoms with van der Waals surface area (Å²) in [6.07, 6.45) is 7.21. The minimum absolute atomic E-state index is 0.0320. The van der Waals surface area contributed by atoms with Crippen LogP contribution in [0.2, 0.25) is 0 Å². The lowest BCUT2D eigenvalue weighted by Gasteiger charge is -2.18. The van der Waals surface area contributed by atoms with Gasteiger partial charge in [-0.3, -0.25) is 9.78 Å². The van der Waals surface area contributed by atoms with Crippen molar-refractivity contribution in [1.82, 2.24) is 9.55 Å². The molecule has 0 bridgehead atoms. The molecular weight excluding hydrogens is 440 g/mol. The van der Waals surface area contributed by atoms with Crippen LogP contribution in [0.3, 0.4) is 0 Å². The van der Waals surface area contributed by atoms with Crippen molar-refractivity contribution in [2.75, 3.05) is 6.61 Å². The number of fused-ring (bicyclic) bond motifs is 1. The maximum Gasteiger partial charge on any atom is 0.335 e. The van der Waals surface area contributed by atoms with Crippen LogP contribution in [0.1, 0.15) is 46.6 Å². The van der Waals surface area contributed by atoms with E-state index in [9.17, 15) is 9.59 Å². The van der Waals surface area contributed by atoms with Gasteiger partial charge in [0, 0.05) is 23.7 Å². The number of aliphatic carboxylic acids is 1. The van der Waals surface area contributed by atoms with Crippen LogP contribution >= 0.6 is 0 Å². The molecule has 178 valence electrons. The molecule has 0 amide bonds. The number of carboxylic acids is 1. The van der Waals surface area contributed by atoms with Crippen molar-refractivity contribution in [1.29, 1.82) is 0 Å². The van der Waals surface area contributed by atoms with E-state index in [4.69, 9.17) is 9.84 Å². The zero-order valence-corrected chi connectivity index (χ0v) is 20.1. The molecule has 2 aromatic heterocycles. The highest BCUT2D eigenvalue weighted by molar-refractivity contribution is 6.10. The highest BCUT2D eigenvalue weighted by Crippen LogP contribution is 2.23. The number of carbonyl (C=O) groups is 2. The number of nitrogens with zero attached hydrogens (tertiary/aromatic N) is 2. The van der Waals surface area contributed by atoms with Gasteiger partial charge in [-0.05, 0) is 50.1 Å². The van der Waals surface area contributed by atoms with Gasteiger partial charge in [0.2, 0.25) is 5.78 Å². The standard InChI is InChI=1S/C29H28N2O4/c1-20-9-11-23(12-10-20)27(32)25-17-24-13-14-30-18-26(24)31(25)19-22-7-4-6-21(16-22)8-5-15-35-29(2,3)28(33)34/h4-14,16-18H,15,19H2,1-3H3,(H,33,34). The van der Waals surface area contributed by atoms with Gasteiger partial charge in [-0.15, -0.1) is 0 Å². The van der Waals surface area contributed by atoms with Crippen LogP contribution in [0.5, 0.6) is 0 Å². The molecule has 2 heterocycles. The first kappa shape index (κ1) is 24.1. The number of ketones is 1. The predicted octanol–water partition coefficient (Wildman–Crippen LogP) is 5.52. The molecule has 6 nitrogen and oxygen atoms in total. The Balaban J connectivity index is 1.59. The van der Waals surface area contributed by atoms with E-state index < -0.39 is 11.6 Å². The Labute approximate surface area is 204 Å². The van der Waals surface area contributed by atoms with Crippen LogP contribution in [0.25, 0.3) is 17.0 Å². The van der Waals surface area contributed by atoms with Crippen molar-refractivity contribution < 1.29 is 19.4 Å². The third-order valence-corrected chi connectivity index (χ3v) is 5.91. The highest BCUT2D eigenvalue weighted by atomic mass is 16.5. The maximum atomic E-state index is 13.4. The number of pyridine rings is 1. The summed E-state index contributed by atoms with van der Waals surface area (Å²) in [5.74, 6) is -1.03.